The highest BCUT2D eigenvalue weighted by Crippen LogP contribution is 2.21. The molecule has 1 aliphatic heterocycles. The van der Waals surface area contributed by atoms with Crippen LogP contribution < -0.4 is 5.32 Å². The molecule has 1 heterocycles. The lowest BCUT2D eigenvalue weighted by Gasteiger charge is -2.31. The Labute approximate surface area is 194 Å². The number of nitrogens with zero attached hydrogens (tertiary/aromatic N) is 2. The molecule has 166 valence electrons. The third-order valence-corrected chi connectivity index (χ3v) is 5.97. The van der Waals surface area contributed by atoms with E-state index in [1.807, 2.05) is 42.5 Å². The average Bonchev–Trinajstić information content (AvgIpc) is 2.84. The van der Waals surface area contributed by atoms with Gasteiger partial charge in [-0.2, -0.15) is 0 Å². The van der Waals surface area contributed by atoms with Gasteiger partial charge in [-0.25, -0.2) is 4.39 Å². The van der Waals surface area contributed by atoms with Crippen LogP contribution in [0.1, 0.15) is 5.56 Å². The molecule has 0 aliphatic carbocycles. The summed E-state index contributed by atoms with van der Waals surface area (Å²) in [6.07, 6.45) is 0. The van der Waals surface area contributed by atoms with Gasteiger partial charge in [0.2, 0.25) is 0 Å². The Balaban J connectivity index is 1.42. The van der Waals surface area contributed by atoms with Crippen molar-refractivity contribution in [2.24, 2.45) is 0 Å². The molecule has 3 aromatic rings. The van der Waals surface area contributed by atoms with Crippen LogP contribution in [0.4, 0.5) is 10.1 Å². The van der Waals surface area contributed by atoms with Gasteiger partial charge in [-0.15, -0.1) is 0 Å². The van der Waals surface area contributed by atoms with Gasteiger partial charge in [0.15, 0.2) is 5.11 Å². The Bertz CT molecular complexity index is 990. The molecule has 3 aromatic carbocycles. The molecule has 1 saturated heterocycles. The molecule has 1 aliphatic rings. The summed E-state index contributed by atoms with van der Waals surface area (Å²) in [6, 6.07) is 25.2. The topological polar surface area (TPSA) is 27.7 Å². The molecule has 4 nitrogen and oxygen atoms in total. The first-order valence-electron chi connectivity index (χ1n) is 10.9. The lowest BCUT2D eigenvalue weighted by Crippen LogP contribution is -2.43. The fraction of sp³-hybridized carbons (Fsp3) is 0.269. The minimum Gasteiger partial charge on any atom is -0.379 e. The fourth-order valence-electron chi connectivity index (χ4n) is 3.73. The molecule has 0 saturated carbocycles. The first-order valence-corrected chi connectivity index (χ1v) is 11.3. The Morgan fingerprint density at radius 2 is 1.56 bits per heavy atom. The maximum atomic E-state index is 13.3. The van der Waals surface area contributed by atoms with E-state index < -0.39 is 0 Å². The van der Waals surface area contributed by atoms with Gasteiger partial charge in [0.1, 0.15) is 5.82 Å². The van der Waals surface area contributed by atoms with Crippen LogP contribution in [0.15, 0.2) is 78.9 Å². The standard InChI is InChI=1S/C26H28FN3OS/c27-24-10-6-21(7-11-24)20-30(15-14-29-16-18-31-19-17-29)26(32)28-25-12-8-23(9-13-25)22-4-2-1-3-5-22/h1-13H,14-20H2,(H,28,32). The van der Waals surface area contributed by atoms with Gasteiger partial charge in [0, 0.05) is 38.4 Å². The average molecular weight is 450 g/mol. The second kappa shape index (κ2) is 11.2. The minimum absolute atomic E-state index is 0.229. The zero-order valence-corrected chi connectivity index (χ0v) is 18.9. The third-order valence-electron chi connectivity index (χ3n) is 5.61. The van der Waals surface area contributed by atoms with Crippen LogP contribution in [-0.4, -0.2) is 54.3 Å². The Kier molecular flexibility index (Phi) is 7.82. The van der Waals surface area contributed by atoms with E-state index in [0.717, 1.165) is 56.2 Å². The first kappa shape index (κ1) is 22.4. The summed E-state index contributed by atoms with van der Waals surface area (Å²) in [4.78, 5) is 4.53. The minimum atomic E-state index is -0.229. The van der Waals surface area contributed by atoms with Gasteiger partial charge in [-0.3, -0.25) is 4.90 Å². The highest BCUT2D eigenvalue weighted by atomic mass is 32.1. The molecule has 6 heteroatoms. The van der Waals surface area contributed by atoms with Crippen LogP contribution in [0.5, 0.6) is 0 Å². The van der Waals surface area contributed by atoms with Gasteiger partial charge in [-0.1, -0.05) is 54.6 Å². The summed E-state index contributed by atoms with van der Waals surface area (Å²) in [6.45, 7) is 5.73. The molecule has 0 amide bonds. The SMILES string of the molecule is Fc1ccc(CN(CCN2CCOCC2)C(=S)Nc2ccc(-c3ccccc3)cc2)cc1. The van der Waals surface area contributed by atoms with E-state index in [2.05, 4.69) is 39.4 Å². The number of ether oxygens (including phenoxy) is 1. The third kappa shape index (κ3) is 6.36. The van der Waals surface area contributed by atoms with Crippen molar-refractivity contribution in [3.8, 4) is 11.1 Å². The van der Waals surface area contributed by atoms with Crippen molar-refractivity contribution in [3.05, 3.63) is 90.2 Å². The van der Waals surface area contributed by atoms with Crippen LogP contribution in [0.2, 0.25) is 0 Å². The smallest absolute Gasteiger partial charge is 0.173 e. The largest absolute Gasteiger partial charge is 0.379 e. The van der Waals surface area contributed by atoms with Gasteiger partial charge < -0.3 is 15.0 Å². The second-order valence-electron chi connectivity index (χ2n) is 7.88. The van der Waals surface area contributed by atoms with E-state index in [0.29, 0.717) is 11.7 Å². The maximum Gasteiger partial charge on any atom is 0.173 e. The Morgan fingerprint density at radius 3 is 2.25 bits per heavy atom. The van der Waals surface area contributed by atoms with Gasteiger partial charge in [0.25, 0.3) is 0 Å². The molecule has 0 atom stereocenters. The lowest BCUT2D eigenvalue weighted by molar-refractivity contribution is 0.0358. The number of anilines is 1. The molecule has 1 fully saturated rings. The van der Waals surface area contributed by atoms with Crippen LogP contribution >= 0.6 is 12.2 Å². The normalized spacial score (nSPS) is 14.2. The van der Waals surface area contributed by atoms with Crippen LogP contribution in [0.3, 0.4) is 0 Å². The zero-order valence-electron chi connectivity index (χ0n) is 18.0. The summed E-state index contributed by atoms with van der Waals surface area (Å²) in [5.74, 6) is -0.229. The number of nitrogens with one attached hydrogen (secondary N) is 1. The van der Waals surface area contributed by atoms with Gasteiger partial charge in [-0.05, 0) is 53.2 Å². The van der Waals surface area contributed by atoms with Gasteiger partial charge >= 0.3 is 0 Å². The van der Waals surface area contributed by atoms with E-state index >= 15 is 0 Å². The van der Waals surface area contributed by atoms with Crippen molar-refractivity contribution in [1.29, 1.82) is 0 Å². The summed E-state index contributed by atoms with van der Waals surface area (Å²) in [5.41, 5.74) is 4.32. The van der Waals surface area contributed by atoms with Crippen LogP contribution in [0.25, 0.3) is 11.1 Å². The van der Waals surface area contributed by atoms with Crippen molar-refractivity contribution in [1.82, 2.24) is 9.80 Å². The zero-order chi connectivity index (χ0) is 22.2. The van der Waals surface area contributed by atoms with E-state index in [-0.39, 0.29) is 5.82 Å². The molecular weight excluding hydrogens is 421 g/mol. The molecule has 0 bridgehead atoms. The van der Waals surface area contributed by atoms with Crippen LogP contribution in [-0.2, 0) is 11.3 Å². The lowest BCUT2D eigenvalue weighted by atomic mass is 10.1. The monoisotopic (exact) mass is 449 g/mol. The van der Waals surface area contributed by atoms with E-state index in [1.54, 1.807) is 0 Å². The quantitative estimate of drug-likeness (QED) is 0.511. The van der Waals surface area contributed by atoms with Crippen molar-refractivity contribution in [2.45, 2.75) is 6.54 Å². The Morgan fingerprint density at radius 1 is 0.906 bits per heavy atom. The number of hydrogen-bond acceptors (Lipinski definition) is 3. The molecular formula is C26H28FN3OS. The van der Waals surface area contributed by atoms with Gasteiger partial charge in [0.05, 0.1) is 13.2 Å². The predicted octanol–water partition coefficient (Wildman–Crippen LogP) is 5.02. The van der Waals surface area contributed by atoms with E-state index in [4.69, 9.17) is 17.0 Å². The van der Waals surface area contributed by atoms with E-state index in [1.165, 1.54) is 17.7 Å². The highest BCUT2D eigenvalue weighted by Gasteiger charge is 2.15. The molecule has 0 unspecified atom stereocenters. The number of halogens is 1. The summed E-state index contributed by atoms with van der Waals surface area (Å²) in [5, 5.41) is 4.04. The number of hydrogen-bond donors (Lipinski definition) is 1. The number of morpholine rings is 1. The van der Waals surface area contributed by atoms with Crippen molar-refractivity contribution < 1.29 is 9.13 Å². The number of thiocarbonyl (C=S) groups is 1. The summed E-state index contributed by atoms with van der Waals surface area (Å²) < 4.78 is 18.8. The number of benzene rings is 3. The highest BCUT2D eigenvalue weighted by molar-refractivity contribution is 7.80. The second-order valence-corrected chi connectivity index (χ2v) is 8.26. The molecule has 1 N–H and O–H groups in total. The summed E-state index contributed by atoms with van der Waals surface area (Å²) in [7, 11) is 0. The summed E-state index contributed by atoms with van der Waals surface area (Å²) >= 11 is 5.77. The molecule has 0 aromatic heterocycles. The fourth-order valence-corrected chi connectivity index (χ4v) is 4.00. The van der Waals surface area contributed by atoms with Crippen LogP contribution in [0, 0.1) is 5.82 Å². The predicted molar refractivity (Wildman–Crippen MR) is 132 cm³/mol. The van der Waals surface area contributed by atoms with Crippen molar-refractivity contribution in [2.75, 3.05) is 44.7 Å². The molecule has 32 heavy (non-hydrogen) atoms. The number of rotatable bonds is 7. The molecule has 0 radical (unpaired) electrons. The maximum absolute atomic E-state index is 13.3. The van der Waals surface area contributed by atoms with E-state index in [9.17, 15) is 4.39 Å². The Hall–Kier alpha value is -2.80. The van der Waals surface area contributed by atoms with Crippen molar-refractivity contribution >= 4 is 23.0 Å². The molecule has 4 rings (SSSR count). The molecule has 0 spiro atoms. The first-order chi connectivity index (χ1) is 15.7. The van der Waals surface area contributed by atoms with Crippen molar-refractivity contribution in [3.63, 3.8) is 0 Å².